The topological polar surface area (TPSA) is 91.1 Å². The summed E-state index contributed by atoms with van der Waals surface area (Å²) < 4.78 is 1.87. The third kappa shape index (κ3) is 3.94. The average Bonchev–Trinajstić information content (AvgIpc) is 3.18. The van der Waals surface area contributed by atoms with E-state index in [1.165, 1.54) is 0 Å². The van der Waals surface area contributed by atoms with Gasteiger partial charge in [-0.3, -0.25) is 4.90 Å². The van der Waals surface area contributed by atoms with E-state index < -0.39 is 6.23 Å². The number of piperidine rings is 1. The first-order valence-corrected chi connectivity index (χ1v) is 9.91. The van der Waals surface area contributed by atoms with Crippen LogP contribution in [0.2, 0.25) is 0 Å². The maximum absolute atomic E-state index is 11.0. The van der Waals surface area contributed by atoms with Crippen LogP contribution >= 0.6 is 0 Å². The number of aromatic nitrogens is 2. The number of para-hydroxylation sites is 1. The fourth-order valence-electron chi connectivity index (χ4n) is 3.88. The molecule has 0 aliphatic carbocycles. The molecular weight excluding hydrogens is 362 g/mol. The Morgan fingerprint density at radius 3 is 2.66 bits per heavy atom. The first-order valence-electron chi connectivity index (χ1n) is 9.91. The van der Waals surface area contributed by atoms with Gasteiger partial charge in [0.15, 0.2) is 6.23 Å². The first kappa shape index (κ1) is 19.3. The normalized spacial score (nSPS) is 18.3. The van der Waals surface area contributed by atoms with Crippen LogP contribution < -0.4 is 5.73 Å². The third-order valence-corrected chi connectivity index (χ3v) is 5.48. The molecule has 0 saturated carbocycles. The van der Waals surface area contributed by atoms with E-state index in [4.69, 9.17) is 16.1 Å². The van der Waals surface area contributed by atoms with Gasteiger partial charge in [-0.05, 0) is 49.6 Å². The maximum Gasteiger partial charge on any atom is 0.152 e. The van der Waals surface area contributed by atoms with Crippen molar-refractivity contribution in [1.82, 2.24) is 14.7 Å². The molecule has 3 N–H and O–H groups in total. The number of likely N-dealkylation sites (tertiary alicyclic amines) is 1. The molecule has 0 radical (unpaired) electrons. The Hall–Kier alpha value is -2.98. The van der Waals surface area contributed by atoms with Gasteiger partial charge in [0.05, 0.1) is 23.0 Å². The molecule has 148 valence electrons. The first-order chi connectivity index (χ1) is 14.1. The molecule has 1 aliphatic heterocycles. The molecular formula is C23H25N5O. The van der Waals surface area contributed by atoms with Crippen LogP contribution in [0.3, 0.4) is 0 Å². The summed E-state index contributed by atoms with van der Waals surface area (Å²) >= 11 is 0. The summed E-state index contributed by atoms with van der Waals surface area (Å²) in [5, 5.41) is 24.9. The van der Waals surface area contributed by atoms with Crippen molar-refractivity contribution in [3.8, 4) is 23.0 Å². The average molecular weight is 387 g/mol. The summed E-state index contributed by atoms with van der Waals surface area (Å²) in [4.78, 5) is 1.99. The maximum atomic E-state index is 11.0. The van der Waals surface area contributed by atoms with Crippen LogP contribution in [-0.2, 0) is 0 Å². The quantitative estimate of drug-likeness (QED) is 0.718. The zero-order chi connectivity index (χ0) is 20.4. The molecule has 29 heavy (non-hydrogen) atoms. The molecule has 1 aromatic heterocycles. The van der Waals surface area contributed by atoms with Crippen molar-refractivity contribution in [2.24, 2.45) is 5.73 Å². The summed E-state index contributed by atoms with van der Waals surface area (Å²) in [5.41, 5.74) is 11.2. The number of aryl methyl sites for hydroxylation is 1. The highest BCUT2D eigenvalue weighted by molar-refractivity contribution is 5.64. The van der Waals surface area contributed by atoms with Crippen LogP contribution in [0.25, 0.3) is 16.9 Å². The Morgan fingerprint density at radius 2 is 1.97 bits per heavy atom. The van der Waals surface area contributed by atoms with Crippen molar-refractivity contribution in [2.75, 3.05) is 13.1 Å². The molecule has 2 aromatic carbocycles. The van der Waals surface area contributed by atoms with E-state index in [9.17, 15) is 5.11 Å². The number of nitriles is 1. The standard InChI is InChI=1S/C23H25N5O/c1-16-5-2-3-7-21(16)28-22(18-10-8-17(14-24)9-11-18)13-20(26-28)23(29)27-12-4-6-19(25)15-27/h2-3,5,7-11,13,19,23,29H,4,6,12,15,25H2,1H3/t19-,23?/m1/s1. The number of benzene rings is 2. The van der Waals surface area contributed by atoms with Crippen molar-refractivity contribution in [1.29, 1.82) is 5.26 Å². The summed E-state index contributed by atoms with van der Waals surface area (Å²) in [5.74, 6) is 0. The Morgan fingerprint density at radius 1 is 1.21 bits per heavy atom. The van der Waals surface area contributed by atoms with Crippen molar-refractivity contribution in [3.63, 3.8) is 0 Å². The van der Waals surface area contributed by atoms with E-state index in [1.807, 2.05) is 59.0 Å². The molecule has 6 heteroatoms. The number of nitrogens with zero attached hydrogens (tertiary/aromatic N) is 4. The van der Waals surface area contributed by atoms with Crippen LogP contribution in [0.15, 0.2) is 54.6 Å². The van der Waals surface area contributed by atoms with E-state index in [1.54, 1.807) is 12.1 Å². The lowest BCUT2D eigenvalue weighted by atomic mass is 10.1. The fourth-order valence-corrected chi connectivity index (χ4v) is 3.88. The molecule has 4 rings (SSSR count). The second kappa shape index (κ2) is 8.18. The molecule has 1 unspecified atom stereocenters. The van der Waals surface area contributed by atoms with Crippen molar-refractivity contribution in [2.45, 2.75) is 32.0 Å². The fraction of sp³-hybridized carbons (Fsp3) is 0.304. The van der Waals surface area contributed by atoms with Crippen LogP contribution in [0, 0.1) is 18.3 Å². The number of aliphatic hydroxyl groups excluding tert-OH is 1. The van der Waals surface area contributed by atoms with E-state index >= 15 is 0 Å². The van der Waals surface area contributed by atoms with Gasteiger partial charge < -0.3 is 10.8 Å². The number of rotatable bonds is 4. The lowest BCUT2D eigenvalue weighted by Crippen LogP contribution is -2.44. The van der Waals surface area contributed by atoms with Gasteiger partial charge in [-0.2, -0.15) is 10.4 Å². The minimum atomic E-state index is -0.802. The van der Waals surface area contributed by atoms with Crippen molar-refractivity contribution < 1.29 is 5.11 Å². The SMILES string of the molecule is Cc1ccccc1-n1nc(C(O)N2CCC[C@@H](N)C2)cc1-c1ccc(C#N)cc1. The largest absolute Gasteiger partial charge is 0.372 e. The van der Waals surface area contributed by atoms with Crippen LogP contribution in [0.5, 0.6) is 0 Å². The van der Waals surface area contributed by atoms with Gasteiger partial charge in [0, 0.05) is 24.7 Å². The Bertz CT molecular complexity index is 1030. The van der Waals surface area contributed by atoms with Gasteiger partial charge in [0.25, 0.3) is 0 Å². The summed E-state index contributed by atoms with van der Waals surface area (Å²) in [6.07, 6.45) is 1.15. The predicted octanol–water partition coefficient (Wildman–Crippen LogP) is 3.13. The predicted molar refractivity (Wildman–Crippen MR) is 112 cm³/mol. The number of aliphatic hydroxyl groups is 1. The second-order valence-corrected chi connectivity index (χ2v) is 7.61. The highest BCUT2D eigenvalue weighted by Gasteiger charge is 2.27. The van der Waals surface area contributed by atoms with Crippen LogP contribution in [0.4, 0.5) is 0 Å². The molecule has 6 nitrogen and oxygen atoms in total. The number of nitrogens with two attached hydrogens (primary N) is 1. The number of hydrogen-bond donors (Lipinski definition) is 2. The van der Waals surface area contributed by atoms with Gasteiger partial charge in [0.2, 0.25) is 0 Å². The third-order valence-electron chi connectivity index (χ3n) is 5.48. The number of hydrogen-bond acceptors (Lipinski definition) is 5. The molecule has 0 bridgehead atoms. The molecule has 3 aromatic rings. The van der Waals surface area contributed by atoms with Crippen LogP contribution in [0.1, 0.15) is 35.9 Å². The highest BCUT2D eigenvalue weighted by atomic mass is 16.3. The monoisotopic (exact) mass is 387 g/mol. The zero-order valence-corrected chi connectivity index (χ0v) is 16.5. The molecule has 1 fully saturated rings. The summed E-state index contributed by atoms with van der Waals surface area (Å²) in [7, 11) is 0. The molecule has 2 atom stereocenters. The van der Waals surface area contributed by atoms with Crippen molar-refractivity contribution >= 4 is 0 Å². The molecule has 1 saturated heterocycles. The molecule has 2 heterocycles. The van der Waals surface area contributed by atoms with Gasteiger partial charge in [-0.25, -0.2) is 4.68 Å². The Kier molecular flexibility index (Phi) is 5.45. The minimum Gasteiger partial charge on any atom is -0.372 e. The van der Waals surface area contributed by atoms with E-state index in [0.717, 1.165) is 41.9 Å². The van der Waals surface area contributed by atoms with Crippen molar-refractivity contribution in [3.05, 3.63) is 71.4 Å². The molecule has 0 spiro atoms. The lowest BCUT2D eigenvalue weighted by molar-refractivity contribution is -0.0175. The van der Waals surface area contributed by atoms with Gasteiger partial charge >= 0.3 is 0 Å². The van der Waals surface area contributed by atoms with Gasteiger partial charge in [0.1, 0.15) is 5.69 Å². The smallest absolute Gasteiger partial charge is 0.152 e. The minimum absolute atomic E-state index is 0.0786. The zero-order valence-electron chi connectivity index (χ0n) is 16.5. The van der Waals surface area contributed by atoms with Gasteiger partial charge in [-0.1, -0.05) is 30.3 Å². The van der Waals surface area contributed by atoms with E-state index in [2.05, 4.69) is 6.07 Å². The second-order valence-electron chi connectivity index (χ2n) is 7.61. The molecule has 1 aliphatic rings. The van der Waals surface area contributed by atoms with E-state index in [0.29, 0.717) is 17.8 Å². The summed E-state index contributed by atoms with van der Waals surface area (Å²) in [6.45, 7) is 3.50. The Labute approximate surface area is 170 Å². The van der Waals surface area contributed by atoms with E-state index in [-0.39, 0.29) is 6.04 Å². The summed E-state index contributed by atoms with van der Waals surface area (Å²) in [6, 6.07) is 19.6. The van der Waals surface area contributed by atoms with Crippen LogP contribution in [-0.4, -0.2) is 38.9 Å². The highest BCUT2D eigenvalue weighted by Crippen LogP contribution is 2.30. The van der Waals surface area contributed by atoms with Gasteiger partial charge in [-0.15, -0.1) is 0 Å². The molecule has 0 amide bonds. The Balaban J connectivity index is 1.78. The lowest BCUT2D eigenvalue weighted by Gasteiger charge is -2.33.